The molecule has 0 radical (unpaired) electrons. The van der Waals surface area contributed by atoms with Gasteiger partial charge in [0.15, 0.2) is 0 Å². The van der Waals surface area contributed by atoms with Gasteiger partial charge in [-0.2, -0.15) is 0 Å². The van der Waals surface area contributed by atoms with Gasteiger partial charge in [-0.25, -0.2) is 0 Å². The third kappa shape index (κ3) is 8.75. The van der Waals surface area contributed by atoms with Gasteiger partial charge in [0, 0.05) is 11.1 Å². The second-order valence-corrected chi connectivity index (χ2v) is 4.69. The van der Waals surface area contributed by atoms with Crippen molar-refractivity contribution < 1.29 is 9.59 Å². The van der Waals surface area contributed by atoms with Crippen molar-refractivity contribution in [1.29, 1.82) is 0 Å². The summed E-state index contributed by atoms with van der Waals surface area (Å²) in [7, 11) is 0. The lowest BCUT2D eigenvalue weighted by Gasteiger charge is -2.21. The second-order valence-electron chi connectivity index (χ2n) is 4.69. The Morgan fingerprint density at radius 3 is 1.58 bits per heavy atom. The highest BCUT2D eigenvalue weighted by Gasteiger charge is 2.32. The van der Waals surface area contributed by atoms with Crippen LogP contribution in [0.3, 0.4) is 0 Å². The van der Waals surface area contributed by atoms with Crippen LogP contribution in [-0.2, 0) is 9.59 Å². The summed E-state index contributed by atoms with van der Waals surface area (Å²) in [4.78, 5) is 23.7. The summed E-state index contributed by atoms with van der Waals surface area (Å²) in [5.41, 5.74) is 1.85. The minimum absolute atomic E-state index is 0.148. The first-order chi connectivity index (χ1) is 12.4. The van der Waals surface area contributed by atoms with Crippen LogP contribution >= 0.6 is 0 Å². The maximum Gasteiger partial charge on any atom is 0.233 e. The number of ketones is 2. The highest BCUT2D eigenvalue weighted by atomic mass is 16.2. The van der Waals surface area contributed by atoms with Gasteiger partial charge in [0.1, 0.15) is 0 Å². The lowest BCUT2D eigenvalue weighted by molar-refractivity contribution is -0.132. The van der Waals surface area contributed by atoms with E-state index in [1.165, 1.54) is 0 Å². The molecule has 1 unspecified atom stereocenters. The van der Waals surface area contributed by atoms with E-state index in [9.17, 15) is 9.59 Å². The van der Waals surface area contributed by atoms with Gasteiger partial charge < -0.3 is 0 Å². The van der Waals surface area contributed by atoms with Crippen molar-refractivity contribution in [3.05, 3.63) is 71.9 Å². The molecule has 1 saturated carbocycles. The quantitative estimate of drug-likeness (QED) is 0.310. The molecule has 2 heteroatoms. The Morgan fingerprint density at radius 2 is 1.19 bits per heavy atom. The van der Waals surface area contributed by atoms with Crippen molar-refractivity contribution >= 4 is 11.6 Å². The molecule has 0 N–H and O–H groups in total. The molecule has 1 aliphatic rings. The van der Waals surface area contributed by atoms with Crippen molar-refractivity contribution in [3.8, 4) is 0 Å². The molecule has 1 atom stereocenters. The van der Waals surface area contributed by atoms with E-state index in [0.717, 1.165) is 0 Å². The molecule has 0 spiro atoms. The van der Waals surface area contributed by atoms with Gasteiger partial charge in [-0.15, -0.1) is 0 Å². The van der Waals surface area contributed by atoms with Crippen LogP contribution in [0.5, 0.6) is 0 Å². The molecule has 1 rings (SSSR count). The number of rotatable bonds is 3. The van der Waals surface area contributed by atoms with Gasteiger partial charge >= 0.3 is 0 Å². The van der Waals surface area contributed by atoms with Crippen LogP contribution in [0.4, 0.5) is 0 Å². The smallest absolute Gasteiger partial charge is 0.233 e. The summed E-state index contributed by atoms with van der Waals surface area (Å²) >= 11 is 0. The first-order valence-electron chi connectivity index (χ1n) is 9.59. The molecule has 0 amide bonds. The van der Waals surface area contributed by atoms with Crippen LogP contribution in [0.25, 0.3) is 0 Å². The summed E-state index contributed by atoms with van der Waals surface area (Å²) < 4.78 is 0. The molecular formula is C24H38O2. The Kier molecular flexibility index (Phi) is 19.3. The maximum absolute atomic E-state index is 11.9. The highest BCUT2D eigenvalue weighted by Crippen LogP contribution is 2.32. The SMILES string of the molecule is C=C1C(=O)C(=O)C(=C)C(=C\C(C)/C=C\C)/C1=C/C=C\C.CC.CC.CC. The number of carbonyl (C=O) groups is 2. The van der Waals surface area contributed by atoms with Gasteiger partial charge in [0.05, 0.1) is 0 Å². The van der Waals surface area contributed by atoms with Crippen LogP contribution in [0.15, 0.2) is 71.9 Å². The third-order valence-corrected chi connectivity index (χ3v) is 3.08. The Morgan fingerprint density at radius 1 is 0.769 bits per heavy atom. The Labute approximate surface area is 161 Å². The van der Waals surface area contributed by atoms with Gasteiger partial charge in [-0.1, -0.05) is 98.1 Å². The average molecular weight is 359 g/mol. The monoisotopic (exact) mass is 358 g/mol. The molecule has 1 aliphatic carbocycles. The Balaban J connectivity index is -0.000000795. The summed E-state index contributed by atoms with van der Waals surface area (Å²) in [5, 5.41) is 0. The van der Waals surface area contributed by atoms with Gasteiger partial charge in [-0.3, -0.25) is 9.59 Å². The number of carbonyl (C=O) groups excluding carboxylic acids is 2. The molecule has 0 aromatic rings. The van der Waals surface area contributed by atoms with Crippen LogP contribution in [0, 0.1) is 5.92 Å². The molecule has 0 bridgehead atoms. The molecule has 1 fully saturated rings. The topological polar surface area (TPSA) is 34.1 Å². The van der Waals surface area contributed by atoms with Crippen molar-refractivity contribution in [3.63, 3.8) is 0 Å². The maximum atomic E-state index is 11.9. The summed E-state index contributed by atoms with van der Waals surface area (Å²) in [6.07, 6.45) is 11.4. The zero-order chi connectivity index (χ0) is 21.3. The predicted molar refractivity (Wildman–Crippen MR) is 117 cm³/mol. The summed E-state index contributed by atoms with van der Waals surface area (Å²) in [5.74, 6) is -0.984. The second kappa shape index (κ2) is 17.6. The fourth-order valence-electron chi connectivity index (χ4n) is 2.04. The van der Waals surface area contributed by atoms with E-state index in [4.69, 9.17) is 0 Å². The fourth-order valence-corrected chi connectivity index (χ4v) is 2.04. The molecular weight excluding hydrogens is 320 g/mol. The number of hydrogen-bond donors (Lipinski definition) is 0. The first kappa shape index (κ1) is 28.6. The van der Waals surface area contributed by atoms with Gasteiger partial charge in [0.25, 0.3) is 0 Å². The molecule has 0 aromatic heterocycles. The lowest BCUT2D eigenvalue weighted by atomic mass is 9.79. The summed E-state index contributed by atoms with van der Waals surface area (Å²) in [6.45, 7) is 25.3. The lowest BCUT2D eigenvalue weighted by Crippen LogP contribution is -2.26. The van der Waals surface area contributed by atoms with Gasteiger partial charge in [0.2, 0.25) is 11.6 Å². The van der Waals surface area contributed by atoms with Crippen LogP contribution < -0.4 is 0 Å². The average Bonchev–Trinajstić information content (AvgIpc) is 2.69. The fraction of sp³-hybridized carbons (Fsp3) is 0.417. The number of allylic oxidation sites excluding steroid dienone is 10. The van der Waals surface area contributed by atoms with Crippen LogP contribution in [-0.4, -0.2) is 11.6 Å². The normalized spacial score (nSPS) is 18.2. The number of Topliss-reactive ketones (excluding diaryl/α,β-unsaturated/α-hetero) is 2. The third-order valence-electron chi connectivity index (χ3n) is 3.08. The molecule has 0 aliphatic heterocycles. The van der Waals surface area contributed by atoms with Crippen molar-refractivity contribution in [2.24, 2.45) is 5.92 Å². The van der Waals surface area contributed by atoms with Crippen molar-refractivity contribution in [2.45, 2.75) is 62.3 Å². The largest absolute Gasteiger partial charge is 0.285 e. The van der Waals surface area contributed by atoms with E-state index in [2.05, 4.69) is 13.2 Å². The zero-order valence-corrected chi connectivity index (χ0v) is 18.3. The summed E-state index contributed by atoms with van der Waals surface area (Å²) in [6, 6.07) is 0. The van der Waals surface area contributed by atoms with Crippen molar-refractivity contribution in [2.75, 3.05) is 0 Å². The standard InChI is InChI=1S/C18H20O2.3C2H6/c1-6-8-10-15-13(4)17(19)18(20)14(5)16(15)11-12(3)9-7-2;3*1-2/h6-12H,4-5H2,1-3H3;3*1-2H3/b8-6-,9-7-,15-10+,16-11+;;;. The van der Waals surface area contributed by atoms with E-state index >= 15 is 0 Å². The number of hydrogen-bond acceptors (Lipinski definition) is 2. The minimum atomic E-state index is -0.568. The van der Waals surface area contributed by atoms with Crippen molar-refractivity contribution in [1.82, 2.24) is 0 Å². The van der Waals surface area contributed by atoms with Crippen LogP contribution in [0.1, 0.15) is 62.3 Å². The Hall–Kier alpha value is -2.22. The predicted octanol–water partition coefficient (Wildman–Crippen LogP) is 6.97. The molecule has 0 heterocycles. The molecule has 0 saturated heterocycles. The van der Waals surface area contributed by atoms with E-state index in [-0.39, 0.29) is 17.1 Å². The first-order valence-corrected chi connectivity index (χ1v) is 9.59. The van der Waals surface area contributed by atoms with Gasteiger partial charge in [-0.05, 0) is 30.9 Å². The van der Waals surface area contributed by atoms with E-state index < -0.39 is 11.6 Å². The minimum Gasteiger partial charge on any atom is -0.285 e. The Bertz CT molecular complexity index is 581. The zero-order valence-electron chi connectivity index (χ0n) is 18.3. The van der Waals surface area contributed by atoms with E-state index in [0.29, 0.717) is 11.1 Å². The van der Waals surface area contributed by atoms with E-state index in [1.807, 2.05) is 92.7 Å². The molecule has 2 nitrogen and oxygen atoms in total. The molecule has 146 valence electrons. The van der Waals surface area contributed by atoms with E-state index in [1.54, 1.807) is 6.08 Å². The molecule has 0 aromatic carbocycles. The highest BCUT2D eigenvalue weighted by molar-refractivity contribution is 6.52. The van der Waals surface area contributed by atoms with Crippen LogP contribution in [0.2, 0.25) is 0 Å². The molecule has 26 heavy (non-hydrogen) atoms.